The van der Waals surface area contributed by atoms with Gasteiger partial charge in [0, 0.05) is 5.69 Å². The van der Waals surface area contributed by atoms with Gasteiger partial charge in [-0.05, 0) is 42.8 Å². The summed E-state index contributed by atoms with van der Waals surface area (Å²) < 4.78 is 6.38. The molecule has 2 aromatic heterocycles. The van der Waals surface area contributed by atoms with Crippen LogP contribution in [0.25, 0.3) is 16.4 Å². The Kier molecular flexibility index (Phi) is 2.77. The van der Waals surface area contributed by atoms with E-state index in [9.17, 15) is 0 Å². The summed E-state index contributed by atoms with van der Waals surface area (Å²) in [5.74, 6) is 0.749. The maximum atomic E-state index is 5.28. The van der Waals surface area contributed by atoms with Crippen LogP contribution in [0.1, 0.15) is 5.69 Å². The van der Waals surface area contributed by atoms with Crippen LogP contribution in [0.5, 0.6) is 0 Å². The van der Waals surface area contributed by atoms with E-state index in [0.29, 0.717) is 4.77 Å². The van der Waals surface area contributed by atoms with Crippen molar-refractivity contribution in [1.82, 2.24) is 24.4 Å². The lowest BCUT2D eigenvalue weighted by Gasteiger charge is -2.04. The molecule has 3 rings (SSSR count). The van der Waals surface area contributed by atoms with Crippen molar-refractivity contribution in [1.29, 1.82) is 0 Å². The van der Waals surface area contributed by atoms with E-state index in [1.165, 1.54) is 11.5 Å². The van der Waals surface area contributed by atoms with Crippen LogP contribution in [0, 0.1) is 11.7 Å². The van der Waals surface area contributed by atoms with Crippen molar-refractivity contribution >= 4 is 23.8 Å². The average Bonchev–Trinajstić information content (AvgIpc) is 2.96. The van der Waals surface area contributed by atoms with E-state index in [-0.39, 0.29) is 0 Å². The summed E-state index contributed by atoms with van der Waals surface area (Å²) in [6.07, 6.45) is 0. The van der Waals surface area contributed by atoms with Gasteiger partial charge in [0.05, 0.1) is 5.69 Å². The van der Waals surface area contributed by atoms with E-state index in [0.717, 1.165) is 22.1 Å². The first-order valence-electron chi connectivity index (χ1n) is 5.29. The number of aromatic nitrogens is 5. The highest BCUT2D eigenvalue weighted by molar-refractivity contribution is 7.71. The fourth-order valence-electron chi connectivity index (χ4n) is 1.70. The lowest BCUT2D eigenvalue weighted by molar-refractivity contribution is 1.03. The zero-order chi connectivity index (χ0) is 12.5. The van der Waals surface area contributed by atoms with Crippen LogP contribution in [0.4, 0.5) is 0 Å². The van der Waals surface area contributed by atoms with E-state index in [1.807, 2.05) is 41.8 Å². The average molecular weight is 275 g/mol. The van der Waals surface area contributed by atoms with Gasteiger partial charge < -0.3 is 0 Å². The van der Waals surface area contributed by atoms with Crippen LogP contribution in [0.2, 0.25) is 0 Å². The molecule has 0 bridgehead atoms. The molecule has 0 radical (unpaired) electrons. The first-order chi connectivity index (χ1) is 8.77. The molecule has 1 aromatic carbocycles. The van der Waals surface area contributed by atoms with Crippen molar-refractivity contribution in [2.24, 2.45) is 0 Å². The van der Waals surface area contributed by atoms with Gasteiger partial charge in [-0.15, -0.1) is 5.10 Å². The first-order valence-corrected chi connectivity index (χ1v) is 6.47. The van der Waals surface area contributed by atoms with E-state index in [4.69, 9.17) is 12.2 Å². The number of rotatable bonds is 2. The zero-order valence-corrected chi connectivity index (χ0v) is 11.1. The summed E-state index contributed by atoms with van der Waals surface area (Å²) in [6.45, 7) is 1.91. The van der Waals surface area contributed by atoms with Crippen LogP contribution in [0.3, 0.4) is 0 Å². The van der Waals surface area contributed by atoms with Gasteiger partial charge in [-0.1, -0.05) is 22.7 Å². The van der Waals surface area contributed by atoms with Gasteiger partial charge in [0.15, 0.2) is 10.6 Å². The molecule has 0 spiro atoms. The molecule has 0 amide bonds. The van der Waals surface area contributed by atoms with Gasteiger partial charge in [0.1, 0.15) is 4.88 Å². The van der Waals surface area contributed by atoms with Crippen molar-refractivity contribution < 1.29 is 0 Å². The molecule has 0 unspecified atom stereocenters. The van der Waals surface area contributed by atoms with E-state index >= 15 is 0 Å². The van der Waals surface area contributed by atoms with E-state index < -0.39 is 0 Å². The third kappa shape index (κ3) is 1.77. The summed E-state index contributed by atoms with van der Waals surface area (Å²) in [7, 11) is 0. The van der Waals surface area contributed by atoms with E-state index in [1.54, 1.807) is 0 Å². The van der Waals surface area contributed by atoms with Gasteiger partial charge in [0.2, 0.25) is 0 Å². The molecule has 0 atom stereocenters. The number of hydrogen-bond acceptors (Lipinski definition) is 5. The van der Waals surface area contributed by atoms with Crippen LogP contribution in [-0.4, -0.2) is 24.4 Å². The van der Waals surface area contributed by atoms with Crippen molar-refractivity contribution in [2.75, 3.05) is 0 Å². The summed E-state index contributed by atoms with van der Waals surface area (Å²) in [5, 5.41) is 11.1. The largest absolute Gasteiger partial charge is 0.267 e. The Morgan fingerprint density at radius 3 is 2.72 bits per heavy atom. The lowest BCUT2D eigenvalue weighted by atomic mass is 10.3. The molecule has 0 aliphatic heterocycles. The summed E-state index contributed by atoms with van der Waals surface area (Å²) in [5.41, 5.74) is 1.82. The minimum atomic E-state index is 0.559. The summed E-state index contributed by atoms with van der Waals surface area (Å²) in [4.78, 5) is 0.922. The number of benzene rings is 1. The number of para-hydroxylation sites is 1. The minimum absolute atomic E-state index is 0.559. The number of aryl methyl sites for hydroxylation is 1. The van der Waals surface area contributed by atoms with Crippen molar-refractivity contribution in [3.8, 4) is 16.4 Å². The number of H-pyrrole nitrogens is 1. The Morgan fingerprint density at radius 2 is 2.06 bits per heavy atom. The predicted molar refractivity (Wildman–Crippen MR) is 72.4 cm³/mol. The molecule has 0 fully saturated rings. The third-order valence-corrected chi connectivity index (χ3v) is 3.64. The molecular formula is C11H9N5S2. The van der Waals surface area contributed by atoms with E-state index in [2.05, 4.69) is 19.8 Å². The second-order valence-corrected chi connectivity index (χ2v) is 4.85. The lowest BCUT2D eigenvalue weighted by Crippen LogP contribution is -1.97. The summed E-state index contributed by atoms with van der Waals surface area (Å²) in [6, 6.07) is 9.86. The molecule has 90 valence electrons. The normalized spacial score (nSPS) is 10.7. The van der Waals surface area contributed by atoms with Crippen molar-refractivity contribution in [2.45, 2.75) is 6.92 Å². The Hall–Kier alpha value is -1.86. The van der Waals surface area contributed by atoms with Gasteiger partial charge in [-0.2, -0.15) is 5.10 Å². The molecule has 2 heterocycles. The predicted octanol–water partition coefficient (Wildman–Crippen LogP) is 2.76. The zero-order valence-electron chi connectivity index (χ0n) is 9.49. The molecular weight excluding hydrogens is 266 g/mol. The van der Waals surface area contributed by atoms with Gasteiger partial charge in [-0.3, -0.25) is 9.67 Å². The van der Waals surface area contributed by atoms with Crippen molar-refractivity contribution in [3.63, 3.8) is 0 Å². The Labute approximate surface area is 112 Å². The van der Waals surface area contributed by atoms with Crippen LogP contribution in [0.15, 0.2) is 30.3 Å². The molecule has 0 saturated carbocycles. The van der Waals surface area contributed by atoms with Crippen LogP contribution >= 0.6 is 23.8 Å². The Balaban J connectivity index is 2.26. The molecule has 1 N–H and O–H groups in total. The topological polar surface area (TPSA) is 59.4 Å². The Morgan fingerprint density at radius 1 is 1.28 bits per heavy atom. The quantitative estimate of drug-likeness (QED) is 0.731. The highest BCUT2D eigenvalue weighted by atomic mass is 32.1. The second-order valence-electron chi connectivity index (χ2n) is 3.71. The monoisotopic (exact) mass is 275 g/mol. The van der Waals surface area contributed by atoms with Crippen LogP contribution in [-0.2, 0) is 0 Å². The maximum Gasteiger partial charge on any atom is 0.200 e. The highest BCUT2D eigenvalue weighted by Crippen LogP contribution is 2.26. The fourth-order valence-corrected chi connectivity index (χ4v) is 2.58. The molecule has 7 heteroatoms. The number of aromatic amines is 1. The number of nitrogens with one attached hydrogen (secondary N) is 1. The van der Waals surface area contributed by atoms with Crippen LogP contribution < -0.4 is 0 Å². The second kappa shape index (κ2) is 4.43. The van der Waals surface area contributed by atoms with Gasteiger partial charge >= 0.3 is 0 Å². The first kappa shape index (κ1) is 11.2. The smallest absolute Gasteiger partial charge is 0.200 e. The molecule has 5 nitrogen and oxygen atoms in total. The summed E-state index contributed by atoms with van der Waals surface area (Å²) >= 11 is 6.59. The molecule has 18 heavy (non-hydrogen) atoms. The molecule has 0 aliphatic carbocycles. The SMILES string of the molecule is Cc1nnsc1-c1n[nH]c(=S)n1-c1ccccc1. The van der Waals surface area contributed by atoms with Gasteiger partial charge in [-0.25, -0.2) is 0 Å². The fraction of sp³-hybridized carbons (Fsp3) is 0.0909. The molecule has 0 aliphatic rings. The van der Waals surface area contributed by atoms with Crippen molar-refractivity contribution in [3.05, 3.63) is 40.8 Å². The molecule has 0 saturated heterocycles. The highest BCUT2D eigenvalue weighted by Gasteiger charge is 2.15. The third-order valence-electron chi connectivity index (χ3n) is 2.54. The standard InChI is InChI=1S/C11H9N5S2/c1-7-9(18-15-12-7)10-13-14-11(17)16(10)8-5-3-2-4-6-8/h2-6H,1H3,(H,14,17). The minimum Gasteiger partial charge on any atom is -0.267 e. The molecule has 3 aromatic rings. The van der Waals surface area contributed by atoms with Gasteiger partial charge in [0.25, 0.3) is 0 Å². The Bertz CT molecular complexity index is 725. The number of nitrogens with zero attached hydrogens (tertiary/aromatic N) is 4. The maximum absolute atomic E-state index is 5.28. The number of hydrogen-bond donors (Lipinski definition) is 1.